The van der Waals surface area contributed by atoms with E-state index in [1.807, 2.05) is 0 Å². The Hall–Kier alpha value is -1.62. The van der Waals surface area contributed by atoms with E-state index in [2.05, 4.69) is 14.9 Å². The highest BCUT2D eigenvalue weighted by Crippen LogP contribution is 2.11. The van der Waals surface area contributed by atoms with Crippen molar-refractivity contribution in [1.29, 1.82) is 0 Å². The molecule has 0 aliphatic carbocycles. The number of hydrogen-bond acceptors (Lipinski definition) is 3. The molecule has 0 amide bonds. The fraction of sp³-hybridized carbons (Fsp3) is 0.500. The van der Waals surface area contributed by atoms with Crippen molar-refractivity contribution in [3.63, 3.8) is 0 Å². The van der Waals surface area contributed by atoms with Crippen LogP contribution in [0.3, 0.4) is 0 Å². The normalized spacial score (nSPS) is 20.4. The van der Waals surface area contributed by atoms with Gasteiger partial charge in [0.15, 0.2) is 0 Å². The first-order valence-electron chi connectivity index (χ1n) is 5.87. The fourth-order valence-corrected chi connectivity index (χ4v) is 2.01. The van der Waals surface area contributed by atoms with Gasteiger partial charge in [0.2, 0.25) is 0 Å². The second-order valence-electron chi connectivity index (χ2n) is 4.27. The van der Waals surface area contributed by atoms with Crippen LogP contribution in [0.2, 0.25) is 0 Å². The minimum absolute atomic E-state index is 0.0462. The van der Waals surface area contributed by atoms with E-state index in [0.717, 1.165) is 25.2 Å². The van der Waals surface area contributed by atoms with Crippen molar-refractivity contribution in [2.45, 2.75) is 12.6 Å². The lowest BCUT2D eigenvalue weighted by atomic mass is 10.2. The molecule has 1 aromatic carbocycles. The lowest BCUT2D eigenvalue weighted by Gasteiger charge is -2.32. The molecule has 0 unspecified atom stereocenters. The number of rotatable bonds is 4. The Morgan fingerprint density at radius 2 is 2.22 bits per heavy atom. The van der Waals surface area contributed by atoms with E-state index in [0.29, 0.717) is 13.2 Å². The highest BCUT2D eigenvalue weighted by molar-refractivity contribution is 5.15. The third-order valence-electron chi connectivity index (χ3n) is 2.89. The van der Waals surface area contributed by atoms with Gasteiger partial charge in [0, 0.05) is 24.5 Å². The van der Waals surface area contributed by atoms with Gasteiger partial charge in [-0.25, -0.2) is 4.39 Å². The largest absolute Gasteiger partial charge is 0.375 e. The molecule has 5 nitrogen and oxygen atoms in total. The molecule has 1 aliphatic heterocycles. The van der Waals surface area contributed by atoms with E-state index in [9.17, 15) is 4.39 Å². The Bertz CT molecular complexity index is 430. The molecular formula is C12H15FN4O. The number of halogens is 1. The van der Waals surface area contributed by atoms with Crippen molar-refractivity contribution in [1.82, 2.24) is 4.90 Å². The van der Waals surface area contributed by atoms with Crippen LogP contribution in [0.15, 0.2) is 29.4 Å². The molecule has 0 radical (unpaired) electrons. The molecule has 6 heteroatoms. The number of morpholine rings is 1. The second-order valence-corrected chi connectivity index (χ2v) is 4.27. The third kappa shape index (κ3) is 3.70. The Labute approximate surface area is 105 Å². The quantitative estimate of drug-likeness (QED) is 0.468. The summed E-state index contributed by atoms with van der Waals surface area (Å²) in [5, 5.41) is 3.53. The number of benzene rings is 1. The monoisotopic (exact) mass is 250 g/mol. The van der Waals surface area contributed by atoms with Crippen LogP contribution in [0.25, 0.3) is 10.4 Å². The molecule has 0 saturated carbocycles. The summed E-state index contributed by atoms with van der Waals surface area (Å²) < 4.78 is 18.3. The predicted molar refractivity (Wildman–Crippen MR) is 65.4 cm³/mol. The van der Waals surface area contributed by atoms with Gasteiger partial charge in [-0.1, -0.05) is 17.2 Å². The first kappa shape index (κ1) is 12.8. The number of nitrogens with zero attached hydrogens (tertiary/aromatic N) is 4. The molecule has 0 bridgehead atoms. The topological polar surface area (TPSA) is 61.2 Å². The van der Waals surface area contributed by atoms with Crippen molar-refractivity contribution in [3.05, 3.63) is 46.1 Å². The summed E-state index contributed by atoms with van der Waals surface area (Å²) in [4.78, 5) is 4.95. The van der Waals surface area contributed by atoms with E-state index in [1.165, 1.54) is 12.1 Å². The second kappa shape index (κ2) is 6.35. The molecule has 1 fully saturated rings. The Morgan fingerprint density at radius 1 is 1.44 bits per heavy atom. The van der Waals surface area contributed by atoms with E-state index >= 15 is 0 Å². The van der Waals surface area contributed by atoms with Crippen molar-refractivity contribution < 1.29 is 9.13 Å². The first-order valence-corrected chi connectivity index (χ1v) is 5.87. The van der Waals surface area contributed by atoms with Crippen LogP contribution in [0.1, 0.15) is 5.56 Å². The van der Waals surface area contributed by atoms with Crippen LogP contribution >= 0.6 is 0 Å². The van der Waals surface area contributed by atoms with Crippen molar-refractivity contribution in [2.24, 2.45) is 5.11 Å². The number of azide groups is 1. The molecule has 2 rings (SSSR count). The summed E-state index contributed by atoms with van der Waals surface area (Å²) in [6.07, 6.45) is -0.0462. The van der Waals surface area contributed by atoms with Gasteiger partial charge in [0.1, 0.15) is 5.82 Å². The predicted octanol–water partition coefficient (Wildman–Crippen LogP) is 2.34. The van der Waals surface area contributed by atoms with E-state index in [1.54, 1.807) is 12.1 Å². The minimum Gasteiger partial charge on any atom is -0.375 e. The highest BCUT2D eigenvalue weighted by atomic mass is 19.1. The minimum atomic E-state index is -0.220. The molecule has 1 aliphatic rings. The van der Waals surface area contributed by atoms with Gasteiger partial charge in [-0.2, -0.15) is 0 Å². The molecule has 0 N–H and O–H groups in total. The molecule has 1 aromatic rings. The zero-order chi connectivity index (χ0) is 12.8. The lowest BCUT2D eigenvalue weighted by Crippen LogP contribution is -2.43. The number of hydrogen-bond donors (Lipinski definition) is 0. The third-order valence-corrected chi connectivity index (χ3v) is 2.89. The maximum absolute atomic E-state index is 12.8. The summed E-state index contributed by atoms with van der Waals surface area (Å²) in [6, 6.07) is 6.50. The molecule has 1 saturated heterocycles. The molecule has 0 aromatic heterocycles. The van der Waals surface area contributed by atoms with Crippen molar-refractivity contribution >= 4 is 0 Å². The van der Waals surface area contributed by atoms with Crippen LogP contribution in [-0.4, -0.2) is 37.2 Å². The fourth-order valence-electron chi connectivity index (χ4n) is 2.01. The van der Waals surface area contributed by atoms with E-state index in [-0.39, 0.29) is 11.9 Å². The van der Waals surface area contributed by atoms with Gasteiger partial charge in [0.25, 0.3) is 0 Å². The van der Waals surface area contributed by atoms with Crippen LogP contribution in [0.5, 0.6) is 0 Å². The van der Waals surface area contributed by atoms with Gasteiger partial charge in [-0.3, -0.25) is 4.90 Å². The maximum Gasteiger partial charge on any atom is 0.123 e. The molecule has 1 atom stereocenters. The van der Waals surface area contributed by atoms with Crippen molar-refractivity contribution in [2.75, 3.05) is 26.2 Å². The molecule has 1 heterocycles. The number of ether oxygens (including phenoxy) is 1. The highest BCUT2D eigenvalue weighted by Gasteiger charge is 2.19. The van der Waals surface area contributed by atoms with E-state index in [4.69, 9.17) is 10.3 Å². The average Bonchev–Trinajstić information content (AvgIpc) is 2.40. The van der Waals surface area contributed by atoms with E-state index < -0.39 is 0 Å². The molecular weight excluding hydrogens is 235 g/mol. The molecule has 96 valence electrons. The van der Waals surface area contributed by atoms with Crippen LogP contribution < -0.4 is 0 Å². The van der Waals surface area contributed by atoms with Crippen molar-refractivity contribution in [3.8, 4) is 0 Å². The van der Waals surface area contributed by atoms with Gasteiger partial charge >= 0.3 is 0 Å². The summed E-state index contributed by atoms with van der Waals surface area (Å²) in [5.41, 5.74) is 9.35. The summed E-state index contributed by atoms with van der Waals surface area (Å²) >= 11 is 0. The SMILES string of the molecule is [N-]=[N+]=NC[C@H]1CN(Cc2ccc(F)cc2)CCO1. The Balaban J connectivity index is 1.89. The average molecular weight is 250 g/mol. The van der Waals surface area contributed by atoms with Crippen LogP contribution in [0.4, 0.5) is 4.39 Å². The summed E-state index contributed by atoms with van der Waals surface area (Å²) in [6.45, 7) is 3.32. The standard InChI is InChI=1S/C12H15FN4O/c13-11-3-1-10(2-4-11)8-17-5-6-18-12(9-17)7-15-16-14/h1-4,12H,5-9H2/t12-/m0/s1. The van der Waals surface area contributed by atoms with Gasteiger partial charge in [-0.15, -0.1) is 0 Å². The van der Waals surface area contributed by atoms with Gasteiger partial charge < -0.3 is 4.74 Å². The Kier molecular flexibility index (Phi) is 4.52. The van der Waals surface area contributed by atoms with Gasteiger partial charge in [0.05, 0.1) is 19.3 Å². The maximum atomic E-state index is 12.8. The summed E-state index contributed by atoms with van der Waals surface area (Å²) in [5.74, 6) is -0.220. The zero-order valence-electron chi connectivity index (χ0n) is 10.00. The Morgan fingerprint density at radius 3 is 2.94 bits per heavy atom. The van der Waals surface area contributed by atoms with Gasteiger partial charge in [-0.05, 0) is 23.2 Å². The first-order chi connectivity index (χ1) is 8.78. The summed E-state index contributed by atoms with van der Waals surface area (Å²) in [7, 11) is 0. The van der Waals surface area contributed by atoms with Crippen LogP contribution in [0, 0.1) is 5.82 Å². The smallest absolute Gasteiger partial charge is 0.123 e. The molecule has 0 spiro atoms. The lowest BCUT2D eigenvalue weighted by molar-refractivity contribution is -0.0259. The van der Waals surface area contributed by atoms with Crippen LogP contribution in [-0.2, 0) is 11.3 Å². The molecule has 18 heavy (non-hydrogen) atoms. The zero-order valence-corrected chi connectivity index (χ0v) is 10.00.